The molecule has 0 spiro atoms. The molecular formula is C29H48N2O2. The number of rotatable bonds is 11. The lowest BCUT2D eigenvalue weighted by atomic mass is 9.49. The van der Waals surface area contributed by atoms with E-state index in [1.807, 2.05) is 0 Å². The Kier molecular flexibility index (Phi) is 9.41. The number of hydrogen-bond acceptors (Lipinski definition) is 3. The second kappa shape index (κ2) is 11.8. The van der Waals surface area contributed by atoms with Crippen molar-refractivity contribution in [2.24, 2.45) is 23.7 Å². The van der Waals surface area contributed by atoms with Gasteiger partial charge in [-0.3, -0.25) is 4.79 Å². The molecule has 0 aliphatic heterocycles. The van der Waals surface area contributed by atoms with Gasteiger partial charge in [0.15, 0.2) is 0 Å². The number of amides is 1. The van der Waals surface area contributed by atoms with E-state index in [-0.39, 0.29) is 17.4 Å². The Morgan fingerprint density at radius 2 is 1.88 bits per heavy atom. The number of aliphatic hydroxyl groups excluding tert-OH is 1. The summed E-state index contributed by atoms with van der Waals surface area (Å²) in [6, 6.07) is 11.4. The molecule has 2 N–H and O–H groups in total. The van der Waals surface area contributed by atoms with Gasteiger partial charge in [0.1, 0.15) is 0 Å². The highest BCUT2D eigenvalue weighted by atomic mass is 16.3. The van der Waals surface area contributed by atoms with Gasteiger partial charge in [-0.05, 0) is 81.2 Å². The van der Waals surface area contributed by atoms with Crippen LogP contribution in [0.5, 0.6) is 0 Å². The van der Waals surface area contributed by atoms with Crippen LogP contribution in [0.1, 0.15) is 85.1 Å². The molecule has 33 heavy (non-hydrogen) atoms. The minimum absolute atomic E-state index is 0.138. The number of nitrogens with one attached hydrogen (secondary N) is 1. The summed E-state index contributed by atoms with van der Waals surface area (Å²) in [4.78, 5) is 15.9. The molecule has 2 saturated carbocycles. The minimum atomic E-state index is -0.192. The monoisotopic (exact) mass is 456 g/mol. The van der Waals surface area contributed by atoms with Crippen molar-refractivity contribution in [3.05, 3.63) is 35.9 Å². The SMILES string of the molecule is CCCN(CCCNC(=O)CC1(c2ccccc2)C(C)CC2CC1CC(C)C2O)C(C)CC. The van der Waals surface area contributed by atoms with E-state index >= 15 is 0 Å². The van der Waals surface area contributed by atoms with Crippen LogP contribution in [0, 0.1) is 23.7 Å². The van der Waals surface area contributed by atoms with Crippen molar-refractivity contribution in [1.29, 1.82) is 0 Å². The second-order valence-electron chi connectivity index (χ2n) is 11.1. The highest BCUT2D eigenvalue weighted by molar-refractivity contribution is 5.78. The molecule has 1 aromatic rings. The molecule has 4 heteroatoms. The average molecular weight is 457 g/mol. The molecule has 2 bridgehead atoms. The molecule has 1 amide bonds. The van der Waals surface area contributed by atoms with E-state index in [4.69, 9.17) is 0 Å². The van der Waals surface area contributed by atoms with Crippen molar-refractivity contribution in [2.45, 2.75) is 97.1 Å². The third kappa shape index (κ3) is 5.82. The van der Waals surface area contributed by atoms with Crippen LogP contribution in [0.25, 0.3) is 0 Å². The van der Waals surface area contributed by atoms with Crippen LogP contribution < -0.4 is 5.32 Å². The van der Waals surface area contributed by atoms with Crippen molar-refractivity contribution in [3.63, 3.8) is 0 Å². The predicted molar refractivity (Wildman–Crippen MR) is 137 cm³/mol. The average Bonchev–Trinajstić information content (AvgIpc) is 2.81. The van der Waals surface area contributed by atoms with Gasteiger partial charge in [-0.25, -0.2) is 0 Å². The maximum atomic E-state index is 13.3. The lowest BCUT2D eigenvalue weighted by Gasteiger charge is -2.56. The van der Waals surface area contributed by atoms with Gasteiger partial charge >= 0.3 is 0 Å². The zero-order chi connectivity index (χ0) is 24.0. The molecule has 0 radical (unpaired) electrons. The fraction of sp³-hybridized carbons (Fsp3) is 0.759. The van der Waals surface area contributed by atoms with Gasteiger partial charge in [0.25, 0.3) is 0 Å². The molecule has 7 unspecified atom stereocenters. The van der Waals surface area contributed by atoms with Gasteiger partial charge in [-0.15, -0.1) is 0 Å². The summed E-state index contributed by atoms with van der Waals surface area (Å²) in [5.74, 6) is 1.69. The van der Waals surface area contributed by atoms with Crippen LogP contribution in [0.2, 0.25) is 0 Å². The summed E-state index contributed by atoms with van der Waals surface area (Å²) in [7, 11) is 0. The largest absolute Gasteiger partial charge is 0.393 e. The fourth-order valence-electron chi connectivity index (χ4n) is 7.00. The molecule has 1 aromatic carbocycles. The number of fused-ring (bicyclic) bond motifs is 2. The van der Waals surface area contributed by atoms with E-state index in [0.29, 0.717) is 36.1 Å². The van der Waals surface area contributed by atoms with Gasteiger partial charge in [0.05, 0.1) is 6.10 Å². The third-order valence-electron chi connectivity index (χ3n) is 9.01. The molecule has 3 rings (SSSR count). The Balaban J connectivity index is 1.69. The standard InChI is InChI=1S/C29H48N2O2/c1-6-15-31(23(5)7-2)16-11-14-30-27(32)20-29(25-12-9-8-10-13-25)22(4)18-24-19-26(29)17-21(3)28(24)33/h8-10,12-13,21-24,26,28,33H,6-7,11,14-20H2,1-5H3,(H,30,32). The first-order valence-corrected chi connectivity index (χ1v) is 13.6. The molecule has 4 nitrogen and oxygen atoms in total. The van der Waals surface area contributed by atoms with Gasteiger partial charge in [0.2, 0.25) is 5.91 Å². The molecule has 0 heterocycles. The summed E-state index contributed by atoms with van der Waals surface area (Å²) >= 11 is 0. The number of benzene rings is 1. The topological polar surface area (TPSA) is 52.6 Å². The Bertz CT molecular complexity index is 734. The maximum absolute atomic E-state index is 13.3. The fourth-order valence-corrected chi connectivity index (χ4v) is 7.00. The summed E-state index contributed by atoms with van der Waals surface area (Å²) in [5.41, 5.74) is 1.17. The molecule has 186 valence electrons. The third-order valence-corrected chi connectivity index (χ3v) is 9.01. The van der Waals surface area contributed by atoms with Crippen molar-refractivity contribution in [2.75, 3.05) is 19.6 Å². The molecule has 0 saturated heterocycles. The zero-order valence-corrected chi connectivity index (χ0v) is 21.7. The summed E-state index contributed by atoms with van der Waals surface area (Å²) in [5, 5.41) is 14.0. The lowest BCUT2D eigenvalue weighted by molar-refractivity contribution is -0.127. The first-order valence-electron chi connectivity index (χ1n) is 13.6. The van der Waals surface area contributed by atoms with E-state index in [1.165, 1.54) is 18.4 Å². The highest BCUT2D eigenvalue weighted by Gasteiger charge is 2.54. The van der Waals surface area contributed by atoms with Gasteiger partial charge in [0, 0.05) is 31.0 Å². The Morgan fingerprint density at radius 1 is 1.15 bits per heavy atom. The number of hydrogen-bond donors (Lipinski definition) is 2. The van der Waals surface area contributed by atoms with E-state index in [0.717, 1.165) is 45.3 Å². The van der Waals surface area contributed by atoms with E-state index in [9.17, 15) is 9.90 Å². The maximum Gasteiger partial charge on any atom is 0.220 e. The van der Waals surface area contributed by atoms with E-state index < -0.39 is 0 Å². The molecule has 0 aromatic heterocycles. The number of nitrogens with zero attached hydrogens (tertiary/aromatic N) is 1. The van der Waals surface area contributed by atoms with Gasteiger partial charge < -0.3 is 15.3 Å². The van der Waals surface area contributed by atoms with E-state index in [2.05, 4.69) is 75.2 Å². The first-order chi connectivity index (χ1) is 15.8. The predicted octanol–water partition coefficient (Wildman–Crippen LogP) is 5.39. The van der Waals surface area contributed by atoms with Crippen molar-refractivity contribution in [1.82, 2.24) is 10.2 Å². The van der Waals surface area contributed by atoms with Crippen LogP contribution in [-0.4, -0.2) is 47.7 Å². The minimum Gasteiger partial charge on any atom is -0.393 e. The van der Waals surface area contributed by atoms with Crippen LogP contribution in [0.15, 0.2) is 30.3 Å². The number of carbonyl (C=O) groups is 1. The summed E-state index contributed by atoms with van der Waals surface area (Å²) in [6.45, 7) is 14.2. The molecule has 7 atom stereocenters. The van der Waals surface area contributed by atoms with Gasteiger partial charge in [-0.2, -0.15) is 0 Å². The molecule has 2 fully saturated rings. The van der Waals surface area contributed by atoms with E-state index in [1.54, 1.807) is 0 Å². The molecule has 2 aliphatic rings. The van der Waals surface area contributed by atoms with Crippen LogP contribution in [0.4, 0.5) is 0 Å². The van der Waals surface area contributed by atoms with Crippen molar-refractivity contribution >= 4 is 5.91 Å². The Hall–Kier alpha value is -1.39. The molecular weight excluding hydrogens is 408 g/mol. The quantitative estimate of drug-likeness (QED) is 0.439. The molecule has 2 aliphatic carbocycles. The lowest BCUT2D eigenvalue weighted by Crippen LogP contribution is -2.55. The summed E-state index contributed by atoms with van der Waals surface area (Å²) in [6.07, 6.45) is 6.75. The van der Waals surface area contributed by atoms with Crippen LogP contribution in [-0.2, 0) is 10.2 Å². The van der Waals surface area contributed by atoms with Crippen molar-refractivity contribution < 1.29 is 9.90 Å². The smallest absolute Gasteiger partial charge is 0.220 e. The van der Waals surface area contributed by atoms with Crippen LogP contribution in [0.3, 0.4) is 0 Å². The first kappa shape index (κ1) is 26.2. The van der Waals surface area contributed by atoms with Crippen LogP contribution >= 0.6 is 0 Å². The normalized spacial score (nSPS) is 32.5. The zero-order valence-electron chi connectivity index (χ0n) is 21.7. The Labute approximate surface area is 202 Å². The highest BCUT2D eigenvalue weighted by Crippen LogP contribution is 2.57. The van der Waals surface area contributed by atoms with Gasteiger partial charge in [-0.1, -0.05) is 58.0 Å². The van der Waals surface area contributed by atoms with Crippen molar-refractivity contribution in [3.8, 4) is 0 Å². The summed E-state index contributed by atoms with van der Waals surface area (Å²) < 4.78 is 0. The number of aliphatic hydroxyl groups is 1. The Morgan fingerprint density at radius 3 is 2.55 bits per heavy atom. The number of carbonyl (C=O) groups excluding carboxylic acids is 1. The second-order valence-corrected chi connectivity index (χ2v) is 11.1.